The maximum absolute atomic E-state index is 12.0. The van der Waals surface area contributed by atoms with Gasteiger partial charge in [0.05, 0.1) is 25.2 Å². The Bertz CT molecular complexity index is 493. The van der Waals surface area contributed by atoms with Crippen LogP contribution in [0.4, 0.5) is 0 Å². The maximum Gasteiger partial charge on any atom is 0.306 e. The first kappa shape index (κ1) is 14.4. The van der Waals surface area contributed by atoms with E-state index in [1.54, 1.807) is 25.1 Å². The number of hydrogen-bond acceptors (Lipinski definition) is 4. The molecule has 1 aromatic carbocycles. The van der Waals surface area contributed by atoms with Gasteiger partial charge >= 0.3 is 5.97 Å². The van der Waals surface area contributed by atoms with Gasteiger partial charge in [-0.25, -0.2) is 0 Å². The first-order valence-electron chi connectivity index (χ1n) is 5.50. The summed E-state index contributed by atoms with van der Waals surface area (Å²) in [5, 5.41) is 8.51. The molecule has 0 fully saturated rings. The number of rotatable bonds is 5. The Morgan fingerprint density at radius 2 is 2.28 bits per heavy atom. The minimum Gasteiger partial charge on any atom is -0.469 e. The van der Waals surface area contributed by atoms with Gasteiger partial charge in [-0.3, -0.25) is 9.00 Å². The number of methoxy groups -OCH3 is 1. The molecule has 0 spiro atoms. The number of nitrogens with zero attached hydrogens (tertiary/aromatic N) is 1. The molecule has 0 bridgehead atoms. The molecule has 96 valence electrons. The molecule has 18 heavy (non-hydrogen) atoms. The van der Waals surface area contributed by atoms with Crippen molar-refractivity contribution in [1.29, 1.82) is 5.26 Å². The van der Waals surface area contributed by atoms with E-state index >= 15 is 0 Å². The molecule has 2 unspecified atom stereocenters. The molecule has 0 aliphatic heterocycles. The van der Waals surface area contributed by atoms with E-state index < -0.39 is 10.8 Å². The zero-order valence-corrected chi connectivity index (χ0v) is 11.2. The Labute approximate surface area is 109 Å². The third-order valence-electron chi connectivity index (χ3n) is 2.50. The Kier molecular flexibility index (Phi) is 5.53. The van der Waals surface area contributed by atoms with Crippen molar-refractivity contribution in [2.45, 2.75) is 24.3 Å². The van der Waals surface area contributed by atoms with Crippen molar-refractivity contribution < 1.29 is 13.7 Å². The molecule has 0 N–H and O–H groups in total. The monoisotopic (exact) mass is 265 g/mol. The highest BCUT2D eigenvalue weighted by Crippen LogP contribution is 2.11. The van der Waals surface area contributed by atoms with Crippen LogP contribution in [-0.4, -0.2) is 22.5 Å². The van der Waals surface area contributed by atoms with Gasteiger partial charge in [0.15, 0.2) is 0 Å². The normalized spacial score (nSPS) is 13.4. The topological polar surface area (TPSA) is 67.2 Å². The van der Waals surface area contributed by atoms with Crippen molar-refractivity contribution in [1.82, 2.24) is 0 Å². The summed E-state index contributed by atoms with van der Waals surface area (Å²) in [5.41, 5.74) is 1.38. The molecule has 0 saturated heterocycles. The van der Waals surface area contributed by atoms with Gasteiger partial charge in [-0.1, -0.05) is 19.1 Å². The Morgan fingerprint density at radius 1 is 1.56 bits per heavy atom. The smallest absolute Gasteiger partial charge is 0.306 e. The number of ether oxygens (including phenoxy) is 1. The number of carbonyl (C=O) groups is 1. The molecule has 4 nitrogen and oxygen atoms in total. The zero-order valence-electron chi connectivity index (χ0n) is 10.4. The lowest BCUT2D eigenvalue weighted by Gasteiger charge is -2.10. The Balaban J connectivity index is 2.64. The summed E-state index contributed by atoms with van der Waals surface area (Å²) in [7, 11) is 0.155. The largest absolute Gasteiger partial charge is 0.469 e. The van der Waals surface area contributed by atoms with Crippen molar-refractivity contribution in [3.63, 3.8) is 0 Å². The average molecular weight is 265 g/mol. The van der Waals surface area contributed by atoms with Gasteiger partial charge < -0.3 is 4.74 Å². The number of esters is 1. The highest BCUT2D eigenvalue weighted by Gasteiger charge is 2.16. The minimum atomic E-state index is -1.16. The molecule has 0 heterocycles. The van der Waals surface area contributed by atoms with E-state index in [1.807, 2.05) is 12.1 Å². The van der Waals surface area contributed by atoms with Crippen LogP contribution in [0.2, 0.25) is 0 Å². The first-order valence-corrected chi connectivity index (χ1v) is 6.88. The van der Waals surface area contributed by atoms with E-state index in [9.17, 15) is 9.00 Å². The van der Waals surface area contributed by atoms with Gasteiger partial charge in [0.25, 0.3) is 0 Å². The molecule has 5 heteroatoms. The van der Waals surface area contributed by atoms with E-state index in [4.69, 9.17) is 5.26 Å². The fourth-order valence-electron chi connectivity index (χ4n) is 1.45. The Hall–Kier alpha value is -1.67. The third-order valence-corrected chi connectivity index (χ3v) is 4.18. The molecule has 1 rings (SSSR count). The van der Waals surface area contributed by atoms with Crippen LogP contribution in [0.3, 0.4) is 0 Å². The zero-order chi connectivity index (χ0) is 13.5. The second kappa shape index (κ2) is 6.92. The number of nitriles is 1. The molecule has 0 aliphatic carbocycles. The average Bonchev–Trinajstić information content (AvgIpc) is 2.38. The molecule has 0 radical (unpaired) electrons. The maximum atomic E-state index is 12.0. The number of carbonyl (C=O) groups excluding carboxylic acids is 1. The third kappa shape index (κ3) is 4.30. The predicted molar refractivity (Wildman–Crippen MR) is 69.1 cm³/mol. The van der Waals surface area contributed by atoms with Gasteiger partial charge in [0.1, 0.15) is 0 Å². The lowest BCUT2D eigenvalue weighted by Crippen LogP contribution is -2.18. The van der Waals surface area contributed by atoms with Crippen molar-refractivity contribution in [3.05, 3.63) is 35.4 Å². The number of hydrogen-bond donors (Lipinski definition) is 0. The molecule has 2 atom stereocenters. The standard InChI is InChI=1S/C13H15NO3S/c1-10(6-13(15)17-2)18(16)9-12-5-3-4-11(7-12)8-14/h3-5,7,10H,6,9H2,1-2H3. The van der Waals surface area contributed by atoms with Crippen molar-refractivity contribution >= 4 is 16.8 Å². The lowest BCUT2D eigenvalue weighted by atomic mass is 10.2. The summed E-state index contributed by atoms with van der Waals surface area (Å²) in [6.45, 7) is 1.75. The van der Waals surface area contributed by atoms with Crippen LogP contribution >= 0.6 is 0 Å². The fraction of sp³-hybridized carbons (Fsp3) is 0.385. The summed E-state index contributed by atoms with van der Waals surface area (Å²) < 4.78 is 16.5. The Morgan fingerprint density at radius 3 is 2.89 bits per heavy atom. The van der Waals surface area contributed by atoms with Gasteiger partial charge in [-0.15, -0.1) is 0 Å². The summed E-state index contributed by atoms with van der Waals surface area (Å²) in [6.07, 6.45) is 0.140. The molecule has 0 saturated carbocycles. The highest BCUT2D eigenvalue weighted by atomic mass is 32.2. The van der Waals surface area contributed by atoms with E-state index in [2.05, 4.69) is 4.74 Å². The second-order valence-electron chi connectivity index (χ2n) is 3.93. The molecule has 0 aliphatic rings. The van der Waals surface area contributed by atoms with Crippen LogP contribution in [0.25, 0.3) is 0 Å². The van der Waals surface area contributed by atoms with Crippen LogP contribution in [0.15, 0.2) is 24.3 Å². The van der Waals surface area contributed by atoms with Gasteiger partial charge in [0.2, 0.25) is 0 Å². The fourth-order valence-corrected chi connectivity index (χ4v) is 2.56. The van der Waals surface area contributed by atoms with Gasteiger partial charge in [0, 0.05) is 21.8 Å². The summed E-state index contributed by atoms with van der Waals surface area (Å²) in [5.74, 6) is -0.0187. The van der Waals surface area contributed by atoms with Crippen LogP contribution in [-0.2, 0) is 26.1 Å². The molecular weight excluding hydrogens is 250 g/mol. The minimum absolute atomic E-state index is 0.140. The van der Waals surface area contributed by atoms with E-state index in [1.165, 1.54) is 7.11 Å². The molecule has 0 aromatic heterocycles. The molecule has 1 aromatic rings. The van der Waals surface area contributed by atoms with E-state index in [0.29, 0.717) is 11.3 Å². The van der Waals surface area contributed by atoms with E-state index in [-0.39, 0.29) is 17.6 Å². The SMILES string of the molecule is COC(=O)CC(C)S(=O)Cc1cccc(C#N)c1. The van der Waals surface area contributed by atoms with Crippen LogP contribution < -0.4 is 0 Å². The van der Waals surface area contributed by atoms with Crippen molar-refractivity contribution in [3.8, 4) is 6.07 Å². The van der Waals surface area contributed by atoms with Crippen molar-refractivity contribution in [2.75, 3.05) is 7.11 Å². The van der Waals surface area contributed by atoms with E-state index in [0.717, 1.165) is 5.56 Å². The van der Waals surface area contributed by atoms with Crippen LogP contribution in [0, 0.1) is 11.3 Å². The predicted octanol–water partition coefficient (Wildman–Crippen LogP) is 1.76. The van der Waals surface area contributed by atoms with Gasteiger partial charge in [-0.2, -0.15) is 5.26 Å². The van der Waals surface area contributed by atoms with Gasteiger partial charge in [-0.05, 0) is 17.7 Å². The van der Waals surface area contributed by atoms with Crippen molar-refractivity contribution in [2.24, 2.45) is 0 Å². The lowest BCUT2D eigenvalue weighted by molar-refractivity contribution is -0.140. The summed E-state index contributed by atoms with van der Waals surface area (Å²) in [4.78, 5) is 11.1. The molecule has 0 amide bonds. The number of benzene rings is 1. The first-order chi connectivity index (χ1) is 8.56. The second-order valence-corrected chi connectivity index (χ2v) is 5.78. The van der Waals surface area contributed by atoms with Crippen LogP contribution in [0.1, 0.15) is 24.5 Å². The van der Waals surface area contributed by atoms with Crippen LogP contribution in [0.5, 0.6) is 0 Å². The highest BCUT2D eigenvalue weighted by molar-refractivity contribution is 7.84. The summed E-state index contributed by atoms with van der Waals surface area (Å²) in [6, 6.07) is 9.03. The quantitative estimate of drug-likeness (QED) is 0.761. The summed E-state index contributed by atoms with van der Waals surface area (Å²) >= 11 is 0. The molecular formula is C13H15NO3S.